The van der Waals surface area contributed by atoms with Crippen molar-refractivity contribution in [1.29, 1.82) is 0 Å². The molecule has 1 aliphatic rings. The molecule has 0 aliphatic heterocycles. The van der Waals surface area contributed by atoms with Gasteiger partial charge in [0.2, 0.25) is 0 Å². The first-order valence-electron chi connectivity index (χ1n) is 3.80. The van der Waals surface area contributed by atoms with Crippen molar-refractivity contribution in [2.75, 3.05) is 6.61 Å². The molecule has 0 bridgehead atoms. The fourth-order valence-corrected chi connectivity index (χ4v) is 1.46. The molecular formula is C8H14O3. The molecule has 1 saturated carbocycles. The molecule has 0 aromatic carbocycles. The summed E-state index contributed by atoms with van der Waals surface area (Å²) in [5.41, 5.74) is -1.11. The number of aliphatic hydroxyl groups excluding tert-OH is 1. The Kier molecular flexibility index (Phi) is 1.71. The van der Waals surface area contributed by atoms with Crippen LogP contribution in [0, 0.1) is 10.8 Å². The molecule has 0 amide bonds. The smallest absolute Gasteiger partial charge is 0.310 e. The van der Waals surface area contributed by atoms with E-state index in [9.17, 15) is 4.79 Å². The van der Waals surface area contributed by atoms with Crippen molar-refractivity contribution in [2.24, 2.45) is 10.8 Å². The van der Waals surface area contributed by atoms with Crippen molar-refractivity contribution in [3.63, 3.8) is 0 Å². The maximum absolute atomic E-state index is 10.8. The van der Waals surface area contributed by atoms with Crippen LogP contribution in [0.1, 0.15) is 26.7 Å². The third kappa shape index (κ3) is 1.03. The third-order valence-corrected chi connectivity index (χ3v) is 2.85. The first kappa shape index (κ1) is 8.53. The van der Waals surface area contributed by atoms with Gasteiger partial charge in [-0.15, -0.1) is 0 Å². The molecule has 0 spiro atoms. The van der Waals surface area contributed by atoms with Crippen LogP contribution in [0.2, 0.25) is 0 Å². The number of carboxylic acid groups (broad SMARTS) is 1. The minimum absolute atomic E-state index is 0.0563. The SMILES string of the molecule is CC(C)(CO)C1(C(=O)O)CC1. The van der Waals surface area contributed by atoms with Crippen LogP contribution < -0.4 is 0 Å². The third-order valence-electron chi connectivity index (χ3n) is 2.85. The Morgan fingerprint density at radius 3 is 2.09 bits per heavy atom. The van der Waals surface area contributed by atoms with Crippen LogP contribution in [-0.2, 0) is 4.79 Å². The van der Waals surface area contributed by atoms with Gasteiger partial charge in [-0.3, -0.25) is 4.79 Å². The van der Waals surface area contributed by atoms with Crippen LogP contribution in [0.5, 0.6) is 0 Å². The molecule has 0 aromatic rings. The van der Waals surface area contributed by atoms with E-state index in [0.717, 1.165) is 0 Å². The molecule has 0 saturated heterocycles. The Morgan fingerprint density at radius 1 is 1.55 bits per heavy atom. The van der Waals surface area contributed by atoms with Gasteiger partial charge < -0.3 is 10.2 Å². The zero-order chi connectivity index (χ0) is 8.70. The lowest BCUT2D eigenvalue weighted by Gasteiger charge is -2.29. The van der Waals surface area contributed by atoms with Crippen LogP contribution in [0.25, 0.3) is 0 Å². The van der Waals surface area contributed by atoms with Gasteiger partial charge in [-0.25, -0.2) is 0 Å². The van der Waals surface area contributed by atoms with Crippen molar-refractivity contribution in [3.05, 3.63) is 0 Å². The Bertz CT molecular complexity index is 180. The Hall–Kier alpha value is -0.570. The molecule has 0 radical (unpaired) electrons. The minimum Gasteiger partial charge on any atom is -0.481 e. The molecule has 11 heavy (non-hydrogen) atoms. The lowest BCUT2D eigenvalue weighted by molar-refractivity contribution is -0.149. The summed E-state index contributed by atoms with van der Waals surface area (Å²) in [4.78, 5) is 10.8. The van der Waals surface area contributed by atoms with Gasteiger partial charge >= 0.3 is 5.97 Å². The highest BCUT2D eigenvalue weighted by molar-refractivity contribution is 5.78. The molecule has 0 heterocycles. The van der Waals surface area contributed by atoms with E-state index < -0.39 is 16.8 Å². The number of rotatable bonds is 3. The highest BCUT2D eigenvalue weighted by atomic mass is 16.4. The number of hydrogen-bond acceptors (Lipinski definition) is 2. The fourth-order valence-electron chi connectivity index (χ4n) is 1.46. The van der Waals surface area contributed by atoms with Crippen LogP contribution in [0.3, 0.4) is 0 Å². The number of aliphatic hydroxyl groups is 1. The first-order chi connectivity index (χ1) is 4.96. The summed E-state index contributed by atoms with van der Waals surface area (Å²) in [7, 11) is 0. The molecule has 64 valence electrons. The number of hydrogen-bond donors (Lipinski definition) is 2. The maximum Gasteiger partial charge on any atom is 0.310 e. The molecule has 3 heteroatoms. The van der Waals surface area contributed by atoms with Crippen molar-refractivity contribution < 1.29 is 15.0 Å². The van der Waals surface area contributed by atoms with Gasteiger partial charge in [-0.2, -0.15) is 0 Å². The number of carbonyl (C=O) groups is 1. The quantitative estimate of drug-likeness (QED) is 0.640. The fraction of sp³-hybridized carbons (Fsp3) is 0.875. The largest absolute Gasteiger partial charge is 0.481 e. The van der Waals surface area contributed by atoms with E-state index in [1.807, 2.05) is 0 Å². The molecule has 1 rings (SSSR count). The summed E-state index contributed by atoms with van der Waals surface area (Å²) in [6, 6.07) is 0. The van der Waals surface area contributed by atoms with Gasteiger partial charge in [0, 0.05) is 12.0 Å². The molecule has 0 aromatic heterocycles. The Balaban J connectivity index is 2.80. The van der Waals surface area contributed by atoms with Crippen LogP contribution in [0.15, 0.2) is 0 Å². The van der Waals surface area contributed by atoms with Gasteiger partial charge in [-0.1, -0.05) is 13.8 Å². The minimum atomic E-state index is -0.767. The summed E-state index contributed by atoms with van der Waals surface area (Å²) < 4.78 is 0. The van der Waals surface area contributed by atoms with E-state index >= 15 is 0 Å². The normalized spacial score (nSPS) is 21.4. The monoisotopic (exact) mass is 158 g/mol. The van der Waals surface area contributed by atoms with E-state index in [1.165, 1.54) is 0 Å². The molecule has 1 fully saturated rings. The summed E-state index contributed by atoms with van der Waals surface area (Å²) >= 11 is 0. The van der Waals surface area contributed by atoms with Crippen molar-refractivity contribution in [2.45, 2.75) is 26.7 Å². The highest BCUT2D eigenvalue weighted by Gasteiger charge is 2.60. The van der Waals surface area contributed by atoms with Gasteiger partial charge in [-0.05, 0) is 12.8 Å². The van der Waals surface area contributed by atoms with Crippen LogP contribution >= 0.6 is 0 Å². The Labute approximate surface area is 66.0 Å². The standard InChI is InChI=1S/C8H14O3/c1-7(2,5-9)8(3-4-8)6(10)11/h9H,3-5H2,1-2H3,(H,10,11). The van der Waals surface area contributed by atoms with E-state index in [1.54, 1.807) is 13.8 Å². The number of aliphatic carboxylic acids is 1. The number of carboxylic acids is 1. The molecule has 0 unspecified atom stereocenters. The zero-order valence-corrected chi connectivity index (χ0v) is 6.92. The molecule has 3 nitrogen and oxygen atoms in total. The molecule has 2 N–H and O–H groups in total. The van der Waals surface area contributed by atoms with Gasteiger partial charge in [0.15, 0.2) is 0 Å². The predicted molar refractivity (Wildman–Crippen MR) is 40.2 cm³/mol. The summed E-state index contributed by atoms with van der Waals surface area (Å²) in [6.45, 7) is 3.54. The summed E-state index contributed by atoms with van der Waals surface area (Å²) in [5, 5.41) is 17.8. The van der Waals surface area contributed by atoms with E-state index in [4.69, 9.17) is 10.2 Å². The second-order valence-electron chi connectivity index (χ2n) is 3.93. The average Bonchev–Trinajstić information content (AvgIpc) is 2.66. The topological polar surface area (TPSA) is 57.5 Å². The lowest BCUT2D eigenvalue weighted by atomic mass is 9.76. The second kappa shape index (κ2) is 2.21. The van der Waals surface area contributed by atoms with Crippen molar-refractivity contribution >= 4 is 5.97 Å². The molecular weight excluding hydrogens is 144 g/mol. The Morgan fingerprint density at radius 2 is 2.00 bits per heavy atom. The maximum atomic E-state index is 10.8. The first-order valence-corrected chi connectivity index (χ1v) is 3.80. The van der Waals surface area contributed by atoms with Gasteiger partial charge in [0.25, 0.3) is 0 Å². The van der Waals surface area contributed by atoms with E-state index in [2.05, 4.69) is 0 Å². The van der Waals surface area contributed by atoms with Gasteiger partial charge in [0.05, 0.1) is 5.41 Å². The van der Waals surface area contributed by atoms with Crippen molar-refractivity contribution in [1.82, 2.24) is 0 Å². The van der Waals surface area contributed by atoms with Crippen molar-refractivity contribution in [3.8, 4) is 0 Å². The zero-order valence-electron chi connectivity index (χ0n) is 6.92. The van der Waals surface area contributed by atoms with E-state index in [-0.39, 0.29) is 6.61 Å². The van der Waals surface area contributed by atoms with Gasteiger partial charge in [0.1, 0.15) is 0 Å². The molecule has 0 atom stereocenters. The average molecular weight is 158 g/mol. The van der Waals surface area contributed by atoms with E-state index in [0.29, 0.717) is 12.8 Å². The molecule has 1 aliphatic carbocycles. The second-order valence-corrected chi connectivity index (χ2v) is 3.93. The van der Waals surface area contributed by atoms with Crippen LogP contribution in [-0.4, -0.2) is 22.8 Å². The predicted octanol–water partition coefficient (Wildman–Crippen LogP) is 0.870. The van der Waals surface area contributed by atoms with Crippen LogP contribution in [0.4, 0.5) is 0 Å². The summed E-state index contributed by atoms with van der Waals surface area (Å²) in [6.07, 6.45) is 1.41. The lowest BCUT2D eigenvalue weighted by Crippen LogP contribution is -2.35. The highest BCUT2D eigenvalue weighted by Crippen LogP contribution is 2.58. The summed E-state index contributed by atoms with van der Waals surface area (Å²) in [5.74, 6) is -0.767.